The zero-order chi connectivity index (χ0) is 17.6. The molecule has 0 atom stereocenters. The molecule has 1 heterocycles. The Morgan fingerprint density at radius 2 is 1.96 bits per heavy atom. The highest BCUT2D eigenvalue weighted by Gasteiger charge is 2.03. The highest BCUT2D eigenvalue weighted by Crippen LogP contribution is 2.22. The standard InChI is InChI=1S/C19H18ClFN4/c1-13-6-7-15(12-16(13)20)24-18-9-11-23-19(25-18)22-10-8-14-4-2-3-5-17(14)21/h2-7,9,11-12H,8,10H2,1H3,(H2,22,23,24,25). The highest BCUT2D eigenvalue weighted by molar-refractivity contribution is 6.31. The van der Waals surface area contributed by atoms with E-state index >= 15 is 0 Å². The van der Waals surface area contributed by atoms with E-state index in [2.05, 4.69) is 20.6 Å². The van der Waals surface area contributed by atoms with Gasteiger partial charge in [0.1, 0.15) is 11.6 Å². The van der Waals surface area contributed by atoms with Crippen LogP contribution >= 0.6 is 11.6 Å². The SMILES string of the molecule is Cc1ccc(Nc2ccnc(NCCc3ccccc3F)n2)cc1Cl. The normalized spacial score (nSPS) is 10.5. The smallest absolute Gasteiger partial charge is 0.224 e. The van der Waals surface area contributed by atoms with Crippen LogP contribution in [0.3, 0.4) is 0 Å². The van der Waals surface area contributed by atoms with Crippen molar-refractivity contribution in [2.75, 3.05) is 17.2 Å². The van der Waals surface area contributed by atoms with Crippen LogP contribution in [0, 0.1) is 12.7 Å². The van der Waals surface area contributed by atoms with Crippen LogP contribution in [0.15, 0.2) is 54.7 Å². The van der Waals surface area contributed by atoms with Crippen molar-refractivity contribution in [3.8, 4) is 0 Å². The van der Waals surface area contributed by atoms with Crippen LogP contribution in [0.25, 0.3) is 0 Å². The quantitative estimate of drug-likeness (QED) is 0.654. The van der Waals surface area contributed by atoms with Crippen LogP contribution in [0.5, 0.6) is 0 Å². The summed E-state index contributed by atoms with van der Waals surface area (Å²) in [6, 6.07) is 14.3. The molecule has 2 aromatic carbocycles. The molecule has 2 N–H and O–H groups in total. The minimum absolute atomic E-state index is 0.197. The number of hydrogen-bond donors (Lipinski definition) is 2. The van der Waals surface area contributed by atoms with Gasteiger partial charge in [0.25, 0.3) is 0 Å². The molecule has 0 amide bonds. The van der Waals surface area contributed by atoms with E-state index < -0.39 is 0 Å². The van der Waals surface area contributed by atoms with E-state index in [-0.39, 0.29) is 5.82 Å². The molecular weight excluding hydrogens is 339 g/mol. The van der Waals surface area contributed by atoms with E-state index in [1.54, 1.807) is 24.4 Å². The monoisotopic (exact) mass is 356 g/mol. The van der Waals surface area contributed by atoms with Gasteiger partial charge in [0.15, 0.2) is 0 Å². The second-order valence-corrected chi connectivity index (χ2v) is 6.03. The second-order valence-electron chi connectivity index (χ2n) is 5.62. The molecule has 0 bridgehead atoms. The van der Waals surface area contributed by atoms with Crippen LogP contribution in [0.2, 0.25) is 5.02 Å². The third kappa shape index (κ3) is 4.67. The number of nitrogens with one attached hydrogen (secondary N) is 2. The number of aryl methyl sites for hydroxylation is 1. The topological polar surface area (TPSA) is 49.8 Å². The minimum atomic E-state index is -0.197. The maximum absolute atomic E-state index is 13.6. The lowest BCUT2D eigenvalue weighted by atomic mass is 10.1. The van der Waals surface area contributed by atoms with E-state index in [4.69, 9.17) is 11.6 Å². The van der Waals surface area contributed by atoms with Gasteiger partial charge in [-0.15, -0.1) is 0 Å². The summed E-state index contributed by atoms with van der Waals surface area (Å²) in [5.74, 6) is 0.944. The Kier molecular flexibility index (Phi) is 5.46. The number of halogens is 2. The van der Waals surface area contributed by atoms with Crippen molar-refractivity contribution in [2.45, 2.75) is 13.3 Å². The molecule has 0 radical (unpaired) electrons. The summed E-state index contributed by atoms with van der Waals surface area (Å²) in [5, 5.41) is 7.00. The van der Waals surface area contributed by atoms with Gasteiger partial charge in [0.05, 0.1) is 0 Å². The van der Waals surface area contributed by atoms with E-state index in [9.17, 15) is 4.39 Å². The Bertz CT molecular complexity index is 870. The Balaban J connectivity index is 1.61. The zero-order valence-electron chi connectivity index (χ0n) is 13.8. The predicted molar refractivity (Wildman–Crippen MR) is 100 cm³/mol. The fourth-order valence-corrected chi connectivity index (χ4v) is 2.52. The average Bonchev–Trinajstić information content (AvgIpc) is 2.60. The van der Waals surface area contributed by atoms with Crippen molar-refractivity contribution in [1.82, 2.24) is 9.97 Å². The highest BCUT2D eigenvalue weighted by atomic mass is 35.5. The Morgan fingerprint density at radius 1 is 1.12 bits per heavy atom. The van der Waals surface area contributed by atoms with Gasteiger partial charge in [0, 0.05) is 23.5 Å². The van der Waals surface area contributed by atoms with Crippen molar-refractivity contribution in [2.24, 2.45) is 0 Å². The molecule has 3 aromatic rings. The molecule has 0 aliphatic rings. The predicted octanol–water partition coefficient (Wildman–Crippen LogP) is 4.98. The maximum atomic E-state index is 13.6. The number of aromatic nitrogens is 2. The lowest BCUT2D eigenvalue weighted by Gasteiger charge is -2.09. The Labute approximate surface area is 151 Å². The fraction of sp³-hybridized carbons (Fsp3) is 0.158. The summed E-state index contributed by atoms with van der Waals surface area (Å²) in [4.78, 5) is 8.59. The first-order valence-corrected chi connectivity index (χ1v) is 8.33. The summed E-state index contributed by atoms with van der Waals surface area (Å²) in [6.45, 7) is 2.50. The van der Waals surface area contributed by atoms with Crippen LogP contribution in [-0.4, -0.2) is 16.5 Å². The average molecular weight is 357 g/mol. The van der Waals surface area contributed by atoms with E-state index in [0.717, 1.165) is 11.3 Å². The molecule has 6 heteroatoms. The second kappa shape index (κ2) is 7.94. The van der Waals surface area contributed by atoms with Crippen molar-refractivity contribution in [3.05, 3.63) is 76.7 Å². The van der Waals surface area contributed by atoms with Gasteiger partial charge in [-0.2, -0.15) is 4.98 Å². The number of benzene rings is 2. The van der Waals surface area contributed by atoms with Crippen LogP contribution in [0.4, 0.5) is 21.8 Å². The molecule has 3 rings (SSSR count). The van der Waals surface area contributed by atoms with Crippen LogP contribution in [0.1, 0.15) is 11.1 Å². The van der Waals surface area contributed by atoms with Crippen molar-refractivity contribution >= 4 is 29.1 Å². The fourth-order valence-electron chi connectivity index (χ4n) is 2.34. The lowest BCUT2D eigenvalue weighted by molar-refractivity contribution is 0.610. The number of nitrogens with zero attached hydrogens (tertiary/aromatic N) is 2. The third-order valence-corrected chi connectivity index (χ3v) is 4.14. The first-order chi connectivity index (χ1) is 12.1. The first-order valence-electron chi connectivity index (χ1n) is 7.95. The largest absolute Gasteiger partial charge is 0.354 e. The summed E-state index contributed by atoms with van der Waals surface area (Å²) < 4.78 is 13.6. The summed E-state index contributed by atoms with van der Waals surface area (Å²) >= 11 is 6.14. The lowest BCUT2D eigenvalue weighted by Crippen LogP contribution is -2.09. The third-order valence-electron chi connectivity index (χ3n) is 3.74. The number of anilines is 3. The zero-order valence-corrected chi connectivity index (χ0v) is 14.5. The molecule has 25 heavy (non-hydrogen) atoms. The van der Waals surface area contributed by atoms with Gasteiger partial charge in [-0.05, 0) is 48.7 Å². The number of rotatable bonds is 6. The van der Waals surface area contributed by atoms with Gasteiger partial charge < -0.3 is 10.6 Å². The van der Waals surface area contributed by atoms with Gasteiger partial charge in [-0.1, -0.05) is 35.9 Å². The molecule has 128 valence electrons. The summed E-state index contributed by atoms with van der Waals surface area (Å²) in [7, 11) is 0. The molecule has 0 spiro atoms. The van der Waals surface area contributed by atoms with E-state index in [1.807, 2.05) is 31.2 Å². The van der Waals surface area contributed by atoms with Crippen molar-refractivity contribution in [3.63, 3.8) is 0 Å². The molecule has 0 aliphatic carbocycles. The summed E-state index contributed by atoms with van der Waals surface area (Å²) in [5.41, 5.74) is 2.54. The Hall–Kier alpha value is -2.66. The molecule has 0 unspecified atom stereocenters. The minimum Gasteiger partial charge on any atom is -0.354 e. The van der Waals surface area contributed by atoms with E-state index in [0.29, 0.717) is 35.3 Å². The summed E-state index contributed by atoms with van der Waals surface area (Å²) in [6.07, 6.45) is 2.22. The van der Waals surface area contributed by atoms with Crippen molar-refractivity contribution < 1.29 is 4.39 Å². The van der Waals surface area contributed by atoms with Gasteiger partial charge >= 0.3 is 0 Å². The van der Waals surface area contributed by atoms with E-state index in [1.165, 1.54) is 6.07 Å². The van der Waals surface area contributed by atoms with Crippen molar-refractivity contribution in [1.29, 1.82) is 0 Å². The Morgan fingerprint density at radius 3 is 2.76 bits per heavy atom. The molecule has 1 aromatic heterocycles. The molecule has 0 saturated heterocycles. The van der Waals surface area contributed by atoms with Gasteiger partial charge in [-0.3, -0.25) is 0 Å². The molecule has 4 nitrogen and oxygen atoms in total. The van der Waals surface area contributed by atoms with Crippen LogP contribution < -0.4 is 10.6 Å². The van der Waals surface area contributed by atoms with Gasteiger partial charge in [-0.25, -0.2) is 9.37 Å². The van der Waals surface area contributed by atoms with Gasteiger partial charge in [0.2, 0.25) is 5.95 Å². The molecular formula is C19H18ClFN4. The van der Waals surface area contributed by atoms with Crippen LogP contribution in [-0.2, 0) is 6.42 Å². The first kappa shape index (κ1) is 17.2. The number of hydrogen-bond acceptors (Lipinski definition) is 4. The molecule has 0 fully saturated rings. The maximum Gasteiger partial charge on any atom is 0.224 e. The molecule has 0 saturated carbocycles. The molecule has 0 aliphatic heterocycles.